The van der Waals surface area contributed by atoms with Crippen molar-refractivity contribution >= 4 is 0 Å². The van der Waals surface area contributed by atoms with Gasteiger partial charge in [-0.3, -0.25) is 4.90 Å². The van der Waals surface area contributed by atoms with Crippen LogP contribution in [0.4, 0.5) is 0 Å². The molecule has 0 amide bonds. The molecule has 0 radical (unpaired) electrons. The second-order valence-corrected chi connectivity index (χ2v) is 4.06. The quantitative estimate of drug-likeness (QED) is 0.736. The minimum atomic E-state index is 0.445. The van der Waals surface area contributed by atoms with Crippen LogP contribution in [-0.4, -0.2) is 32.2 Å². The zero-order valence-corrected chi connectivity index (χ0v) is 10.2. The van der Waals surface area contributed by atoms with Crippen molar-refractivity contribution in [2.45, 2.75) is 19.9 Å². The SMILES string of the molecule is COCCN(C)[C@H](C)c1ccc(C)cc1. The lowest BCUT2D eigenvalue weighted by Gasteiger charge is -2.24. The van der Waals surface area contributed by atoms with Gasteiger partial charge in [0.15, 0.2) is 0 Å². The Balaban J connectivity index is 2.59. The highest BCUT2D eigenvalue weighted by Crippen LogP contribution is 2.18. The Morgan fingerprint density at radius 1 is 1.27 bits per heavy atom. The van der Waals surface area contributed by atoms with Gasteiger partial charge in [-0.1, -0.05) is 29.8 Å². The summed E-state index contributed by atoms with van der Waals surface area (Å²) in [7, 11) is 3.87. The second-order valence-electron chi connectivity index (χ2n) is 4.06. The third-order valence-corrected chi connectivity index (χ3v) is 2.87. The molecule has 0 N–H and O–H groups in total. The van der Waals surface area contributed by atoms with Crippen LogP contribution in [0.25, 0.3) is 0 Å². The van der Waals surface area contributed by atoms with E-state index < -0.39 is 0 Å². The van der Waals surface area contributed by atoms with Crippen molar-refractivity contribution in [1.29, 1.82) is 0 Å². The van der Waals surface area contributed by atoms with Crippen LogP contribution in [0, 0.1) is 6.92 Å². The average molecular weight is 207 g/mol. The molecule has 0 saturated heterocycles. The lowest BCUT2D eigenvalue weighted by Crippen LogP contribution is -2.26. The van der Waals surface area contributed by atoms with Gasteiger partial charge in [-0.2, -0.15) is 0 Å². The number of hydrogen-bond acceptors (Lipinski definition) is 2. The lowest BCUT2D eigenvalue weighted by molar-refractivity contribution is 0.143. The van der Waals surface area contributed by atoms with Crippen LogP contribution in [0.1, 0.15) is 24.1 Å². The molecule has 0 saturated carbocycles. The fourth-order valence-electron chi connectivity index (χ4n) is 1.53. The number of benzene rings is 1. The van der Waals surface area contributed by atoms with E-state index >= 15 is 0 Å². The van der Waals surface area contributed by atoms with Crippen LogP contribution in [-0.2, 0) is 4.74 Å². The summed E-state index contributed by atoms with van der Waals surface area (Å²) in [6, 6.07) is 9.17. The van der Waals surface area contributed by atoms with E-state index in [9.17, 15) is 0 Å². The molecule has 1 aromatic rings. The third kappa shape index (κ3) is 3.65. The summed E-state index contributed by atoms with van der Waals surface area (Å²) < 4.78 is 5.08. The number of rotatable bonds is 5. The first-order chi connectivity index (χ1) is 7.15. The zero-order chi connectivity index (χ0) is 11.3. The maximum Gasteiger partial charge on any atom is 0.0589 e. The normalized spacial score (nSPS) is 13.1. The molecule has 15 heavy (non-hydrogen) atoms. The van der Waals surface area contributed by atoms with Gasteiger partial charge in [-0.05, 0) is 26.5 Å². The summed E-state index contributed by atoms with van der Waals surface area (Å²) in [6.07, 6.45) is 0. The van der Waals surface area contributed by atoms with Crippen LogP contribution in [0.5, 0.6) is 0 Å². The maximum absolute atomic E-state index is 5.08. The van der Waals surface area contributed by atoms with E-state index in [1.165, 1.54) is 11.1 Å². The topological polar surface area (TPSA) is 12.5 Å². The monoisotopic (exact) mass is 207 g/mol. The molecule has 0 aliphatic rings. The van der Waals surface area contributed by atoms with E-state index in [4.69, 9.17) is 4.74 Å². The van der Waals surface area contributed by atoms with E-state index in [1.807, 2.05) is 0 Å². The molecule has 0 unspecified atom stereocenters. The Bertz CT molecular complexity index is 281. The van der Waals surface area contributed by atoms with Gasteiger partial charge in [0.2, 0.25) is 0 Å². The summed E-state index contributed by atoms with van der Waals surface area (Å²) in [5.41, 5.74) is 2.67. The Kier molecular flexibility index (Phi) is 4.79. The molecule has 1 atom stereocenters. The van der Waals surface area contributed by atoms with Crippen LogP contribution in [0.3, 0.4) is 0 Å². The molecule has 1 aromatic carbocycles. The Labute approximate surface area is 92.9 Å². The standard InChI is InChI=1S/C13H21NO/c1-11-5-7-13(8-6-11)12(2)14(3)9-10-15-4/h5-8,12H,9-10H2,1-4H3/t12-/m1/s1. The number of nitrogens with zero attached hydrogens (tertiary/aromatic N) is 1. The highest BCUT2D eigenvalue weighted by atomic mass is 16.5. The largest absolute Gasteiger partial charge is 0.383 e. The van der Waals surface area contributed by atoms with Gasteiger partial charge in [0.1, 0.15) is 0 Å². The molecule has 0 bridgehead atoms. The maximum atomic E-state index is 5.08. The number of ether oxygens (including phenoxy) is 1. The van der Waals surface area contributed by atoms with Crippen molar-refractivity contribution in [2.75, 3.05) is 27.3 Å². The molecule has 0 fully saturated rings. The number of hydrogen-bond donors (Lipinski definition) is 0. The van der Waals surface area contributed by atoms with Crippen molar-refractivity contribution in [3.05, 3.63) is 35.4 Å². The third-order valence-electron chi connectivity index (χ3n) is 2.87. The fraction of sp³-hybridized carbons (Fsp3) is 0.538. The van der Waals surface area contributed by atoms with E-state index in [2.05, 4.69) is 50.1 Å². The van der Waals surface area contributed by atoms with E-state index in [1.54, 1.807) is 7.11 Å². The van der Waals surface area contributed by atoms with Gasteiger partial charge in [-0.25, -0.2) is 0 Å². The number of methoxy groups -OCH3 is 1. The van der Waals surface area contributed by atoms with Crippen molar-refractivity contribution < 1.29 is 4.74 Å². The molecule has 0 aliphatic carbocycles. The molecular formula is C13H21NO. The van der Waals surface area contributed by atoms with Gasteiger partial charge in [0, 0.05) is 19.7 Å². The van der Waals surface area contributed by atoms with Crippen molar-refractivity contribution in [3.63, 3.8) is 0 Å². The smallest absolute Gasteiger partial charge is 0.0589 e. The fourth-order valence-corrected chi connectivity index (χ4v) is 1.53. The molecule has 0 aromatic heterocycles. The molecule has 2 heteroatoms. The average Bonchev–Trinajstić information content (AvgIpc) is 2.26. The molecule has 1 rings (SSSR count). The van der Waals surface area contributed by atoms with Gasteiger partial charge >= 0.3 is 0 Å². The van der Waals surface area contributed by atoms with Gasteiger partial charge in [-0.15, -0.1) is 0 Å². The molecule has 0 spiro atoms. The van der Waals surface area contributed by atoms with E-state index in [-0.39, 0.29) is 0 Å². The van der Waals surface area contributed by atoms with Gasteiger partial charge in [0.25, 0.3) is 0 Å². The summed E-state index contributed by atoms with van der Waals surface area (Å²) in [4.78, 5) is 2.30. The first kappa shape index (κ1) is 12.2. The Hall–Kier alpha value is -0.860. The summed E-state index contributed by atoms with van der Waals surface area (Å²) in [5.74, 6) is 0. The first-order valence-electron chi connectivity index (χ1n) is 5.41. The van der Waals surface area contributed by atoms with Crippen molar-refractivity contribution in [3.8, 4) is 0 Å². The summed E-state index contributed by atoms with van der Waals surface area (Å²) >= 11 is 0. The van der Waals surface area contributed by atoms with Gasteiger partial charge < -0.3 is 4.74 Å². The number of likely N-dealkylation sites (N-methyl/N-ethyl adjacent to an activating group) is 1. The Morgan fingerprint density at radius 2 is 1.87 bits per heavy atom. The van der Waals surface area contributed by atoms with Crippen LogP contribution in [0.2, 0.25) is 0 Å². The first-order valence-corrected chi connectivity index (χ1v) is 5.41. The zero-order valence-electron chi connectivity index (χ0n) is 10.2. The minimum Gasteiger partial charge on any atom is -0.383 e. The molecule has 0 aliphatic heterocycles. The number of aryl methyl sites for hydroxylation is 1. The van der Waals surface area contributed by atoms with Gasteiger partial charge in [0.05, 0.1) is 6.61 Å². The molecular weight excluding hydrogens is 186 g/mol. The molecule has 0 heterocycles. The predicted molar refractivity (Wildman–Crippen MR) is 64.1 cm³/mol. The van der Waals surface area contributed by atoms with E-state index in [0.29, 0.717) is 6.04 Å². The van der Waals surface area contributed by atoms with Crippen LogP contribution < -0.4 is 0 Å². The van der Waals surface area contributed by atoms with E-state index in [0.717, 1.165) is 13.2 Å². The second kappa shape index (κ2) is 5.89. The van der Waals surface area contributed by atoms with Crippen LogP contribution in [0.15, 0.2) is 24.3 Å². The highest BCUT2D eigenvalue weighted by Gasteiger charge is 2.10. The minimum absolute atomic E-state index is 0.445. The van der Waals surface area contributed by atoms with Crippen molar-refractivity contribution in [2.24, 2.45) is 0 Å². The highest BCUT2D eigenvalue weighted by molar-refractivity contribution is 5.23. The molecule has 2 nitrogen and oxygen atoms in total. The lowest BCUT2D eigenvalue weighted by atomic mass is 10.1. The summed E-state index contributed by atoms with van der Waals surface area (Å²) in [5, 5.41) is 0. The van der Waals surface area contributed by atoms with Crippen LogP contribution >= 0.6 is 0 Å². The molecule has 84 valence electrons. The predicted octanol–water partition coefficient (Wildman–Crippen LogP) is 2.63. The summed E-state index contributed by atoms with van der Waals surface area (Å²) in [6.45, 7) is 6.08. The Morgan fingerprint density at radius 3 is 2.40 bits per heavy atom. The van der Waals surface area contributed by atoms with Crippen molar-refractivity contribution in [1.82, 2.24) is 4.90 Å².